The van der Waals surface area contributed by atoms with Crippen LogP contribution in [-0.2, 0) is 5.54 Å². The first-order valence-corrected chi connectivity index (χ1v) is 6.11. The zero-order valence-electron chi connectivity index (χ0n) is 10.6. The molecule has 0 radical (unpaired) electrons. The highest BCUT2D eigenvalue weighted by Crippen LogP contribution is 2.45. The fraction of sp³-hybridized carbons (Fsp3) is 0.538. The normalized spacial score (nSPS) is 16.6. The second-order valence-corrected chi connectivity index (χ2v) is 5.59. The first-order valence-electron chi connectivity index (χ1n) is 6.11. The molecule has 1 aliphatic rings. The van der Waals surface area contributed by atoms with Gasteiger partial charge in [-0.15, -0.1) is 0 Å². The van der Waals surface area contributed by atoms with Gasteiger partial charge in [0.2, 0.25) is 5.95 Å². The Balaban J connectivity index is 2.24. The number of aryl methyl sites for hydroxylation is 1. The molecule has 0 saturated heterocycles. The fourth-order valence-electron chi connectivity index (χ4n) is 2.62. The van der Waals surface area contributed by atoms with Crippen molar-refractivity contribution in [2.75, 3.05) is 5.73 Å². The number of rotatable bonds is 2. The smallest absolute Gasteiger partial charge is 0.202 e. The molecule has 3 rings (SSSR count). The van der Waals surface area contributed by atoms with Crippen LogP contribution in [0.25, 0.3) is 11.2 Å². The number of anilines is 1. The molecular formula is C13H18N4. The van der Waals surface area contributed by atoms with Gasteiger partial charge in [0.05, 0.1) is 0 Å². The number of nitrogens with zero attached hydrogens (tertiary/aromatic N) is 3. The Morgan fingerprint density at radius 2 is 2.12 bits per heavy atom. The van der Waals surface area contributed by atoms with Gasteiger partial charge in [0.1, 0.15) is 5.52 Å². The molecule has 1 fully saturated rings. The van der Waals surface area contributed by atoms with E-state index >= 15 is 0 Å². The van der Waals surface area contributed by atoms with Gasteiger partial charge in [-0.05, 0) is 51.2 Å². The number of hydrogen-bond donors (Lipinski definition) is 1. The van der Waals surface area contributed by atoms with Crippen LogP contribution < -0.4 is 5.73 Å². The van der Waals surface area contributed by atoms with Gasteiger partial charge in [0.15, 0.2) is 5.65 Å². The number of pyridine rings is 1. The first kappa shape index (κ1) is 10.6. The number of hydrogen-bond acceptors (Lipinski definition) is 3. The molecule has 0 aromatic carbocycles. The van der Waals surface area contributed by atoms with E-state index in [0.717, 1.165) is 16.7 Å². The third-order valence-electron chi connectivity index (χ3n) is 3.81. The average molecular weight is 230 g/mol. The highest BCUT2D eigenvalue weighted by Gasteiger charge is 2.41. The van der Waals surface area contributed by atoms with Crippen molar-refractivity contribution in [2.24, 2.45) is 5.92 Å². The Labute approximate surface area is 101 Å². The molecule has 0 amide bonds. The van der Waals surface area contributed by atoms with Gasteiger partial charge in [-0.25, -0.2) is 9.97 Å². The van der Waals surface area contributed by atoms with Crippen molar-refractivity contribution in [3.05, 3.63) is 17.8 Å². The third kappa shape index (κ3) is 1.51. The van der Waals surface area contributed by atoms with E-state index in [1.54, 1.807) is 0 Å². The predicted molar refractivity (Wildman–Crippen MR) is 68.7 cm³/mol. The molecule has 2 heterocycles. The van der Waals surface area contributed by atoms with Crippen LogP contribution in [0.4, 0.5) is 5.95 Å². The Morgan fingerprint density at radius 1 is 1.41 bits per heavy atom. The van der Waals surface area contributed by atoms with Crippen molar-refractivity contribution in [1.82, 2.24) is 14.5 Å². The van der Waals surface area contributed by atoms with Crippen molar-refractivity contribution >= 4 is 17.1 Å². The summed E-state index contributed by atoms with van der Waals surface area (Å²) >= 11 is 0. The van der Waals surface area contributed by atoms with E-state index in [4.69, 9.17) is 5.73 Å². The molecule has 4 heteroatoms. The van der Waals surface area contributed by atoms with E-state index in [1.165, 1.54) is 12.8 Å². The molecule has 2 N–H and O–H groups in total. The Bertz CT molecular complexity index is 578. The lowest BCUT2D eigenvalue weighted by Gasteiger charge is -2.27. The molecule has 1 aliphatic carbocycles. The number of fused-ring (bicyclic) bond motifs is 1. The minimum atomic E-state index is 0.0150. The SMILES string of the molecule is Cc1cnc2c(c1)nc(N)n2C(C)(C)C1CC1. The van der Waals surface area contributed by atoms with Gasteiger partial charge in [0, 0.05) is 11.7 Å². The Kier molecular flexibility index (Phi) is 2.00. The molecule has 90 valence electrons. The third-order valence-corrected chi connectivity index (χ3v) is 3.81. The zero-order chi connectivity index (χ0) is 12.2. The van der Waals surface area contributed by atoms with E-state index < -0.39 is 0 Å². The van der Waals surface area contributed by atoms with E-state index in [-0.39, 0.29) is 5.54 Å². The molecule has 0 bridgehead atoms. The predicted octanol–water partition coefficient (Wildman–Crippen LogP) is 2.47. The summed E-state index contributed by atoms with van der Waals surface area (Å²) < 4.78 is 2.10. The van der Waals surface area contributed by atoms with Crippen molar-refractivity contribution < 1.29 is 0 Å². The van der Waals surface area contributed by atoms with E-state index in [2.05, 4.69) is 28.4 Å². The van der Waals surface area contributed by atoms with Gasteiger partial charge in [-0.3, -0.25) is 4.57 Å². The summed E-state index contributed by atoms with van der Waals surface area (Å²) in [5, 5.41) is 0. The second-order valence-electron chi connectivity index (χ2n) is 5.59. The van der Waals surface area contributed by atoms with Crippen LogP contribution in [-0.4, -0.2) is 14.5 Å². The lowest BCUT2D eigenvalue weighted by molar-refractivity contribution is 0.316. The van der Waals surface area contributed by atoms with Crippen LogP contribution in [0, 0.1) is 12.8 Å². The van der Waals surface area contributed by atoms with Crippen molar-refractivity contribution in [2.45, 2.75) is 39.2 Å². The lowest BCUT2D eigenvalue weighted by atomic mass is 9.98. The molecule has 0 unspecified atom stereocenters. The van der Waals surface area contributed by atoms with Crippen molar-refractivity contribution in [3.63, 3.8) is 0 Å². The number of aromatic nitrogens is 3. The standard InChI is InChI=1S/C13H18N4/c1-8-6-10-11(15-7-8)17(12(14)16-10)13(2,3)9-4-5-9/h6-7,9H,4-5H2,1-3H3,(H2,14,16). The molecular weight excluding hydrogens is 212 g/mol. The van der Waals surface area contributed by atoms with Crippen LogP contribution in [0.2, 0.25) is 0 Å². The number of nitrogens with two attached hydrogens (primary N) is 1. The van der Waals surface area contributed by atoms with E-state index in [0.29, 0.717) is 11.9 Å². The molecule has 2 aromatic heterocycles. The molecule has 0 aliphatic heterocycles. The van der Waals surface area contributed by atoms with Crippen LogP contribution >= 0.6 is 0 Å². The molecule has 17 heavy (non-hydrogen) atoms. The molecule has 4 nitrogen and oxygen atoms in total. The van der Waals surface area contributed by atoms with Crippen LogP contribution in [0.3, 0.4) is 0 Å². The maximum atomic E-state index is 6.07. The van der Waals surface area contributed by atoms with Crippen LogP contribution in [0.1, 0.15) is 32.3 Å². The Morgan fingerprint density at radius 3 is 2.76 bits per heavy atom. The van der Waals surface area contributed by atoms with E-state index in [1.807, 2.05) is 19.2 Å². The lowest BCUT2D eigenvalue weighted by Crippen LogP contribution is -2.30. The van der Waals surface area contributed by atoms with E-state index in [9.17, 15) is 0 Å². The highest BCUT2D eigenvalue weighted by molar-refractivity contribution is 5.75. The average Bonchev–Trinajstić information content (AvgIpc) is 3.01. The summed E-state index contributed by atoms with van der Waals surface area (Å²) in [6.07, 6.45) is 4.43. The topological polar surface area (TPSA) is 56.7 Å². The fourth-order valence-corrected chi connectivity index (χ4v) is 2.62. The molecule has 2 aromatic rings. The van der Waals surface area contributed by atoms with Gasteiger partial charge in [-0.1, -0.05) is 0 Å². The van der Waals surface area contributed by atoms with Crippen LogP contribution in [0.15, 0.2) is 12.3 Å². The second kappa shape index (κ2) is 3.22. The molecule has 1 saturated carbocycles. The van der Waals surface area contributed by atoms with Gasteiger partial charge >= 0.3 is 0 Å². The zero-order valence-corrected chi connectivity index (χ0v) is 10.6. The monoisotopic (exact) mass is 230 g/mol. The largest absolute Gasteiger partial charge is 0.369 e. The number of nitrogen functional groups attached to an aromatic ring is 1. The Hall–Kier alpha value is -1.58. The minimum Gasteiger partial charge on any atom is -0.369 e. The maximum Gasteiger partial charge on any atom is 0.202 e. The first-order chi connectivity index (χ1) is 8.00. The quantitative estimate of drug-likeness (QED) is 0.862. The summed E-state index contributed by atoms with van der Waals surface area (Å²) in [4.78, 5) is 8.93. The highest BCUT2D eigenvalue weighted by atomic mass is 15.2. The maximum absolute atomic E-state index is 6.07. The summed E-state index contributed by atoms with van der Waals surface area (Å²) in [6.45, 7) is 6.47. The van der Waals surface area contributed by atoms with Crippen molar-refractivity contribution in [1.29, 1.82) is 0 Å². The molecule has 0 spiro atoms. The molecule has 0 atom stereocenters. The minimum absolute atomic E-state index is 0.0150. The van der Waals surface area contributed by atoms with Gasteiger partial charge in [0.25, 0.3) is 0 Å². The van der Waals surface area contributed by atoms with Gasteiger partial charge in [-0.2, -0.15) is 0 Å². The summed E-state index contributed by atoms with van der Waals surface area (Å²) in [6, 6.07) is 2.04. The summed E-state index contributed by atoms with van der Waals surface area (Å²) in [5.74, 6) is 1.28. The van der Waals surface area contributed by atoms with Crippen LogP contribution in [0.5, 0.6) is 0 Å². The van der Waals surface area contributed by atoms with Crippen molar-refractivity contribution in [3.8, 4) is 0 Å². The summed E-state index contributed by atoms with van der Waals surface area (Å²) in [7, 11) is 0. The van der Waals surface area contributed by atoms with Gasteiger partial charge < -0.3 is 5.73 Å². The summed E-state index contributed by atoms with van der Waals surface area (Å²) in [5.41, 5.74) is 9.01. The number of imidazole rings is 1.